The van der Waals surface area contributed by atoms with E-state index in [4.69, 9.17) is 16.3 Å². The van der Waals surface area contributed by atoms with Crippen molar-refractivity contribution in [2.45, 2.75) is 26.3 Å². The van der Waals surface area contributed by atoms with E-state index in [0.717, 1.165) is 22.6 Å². The lowest BCUT2D eigenvalue weighted by atomic mass is 10.3. The van der Waals surface area contributed by atoms with E-state index in [2.05, 4.69) is 14.9 Å². The van der Waals surface area contributed by atoms with Crippen molar-refractivity contribution in [3.63, 3.8) is 0 Å². The Morgan fingerprint density at radius 1 is 1.48 bits per heavy atom. The van der Waals surface area contributed by atoms with Crippen LogP contribution in [0.2, 0.25) is 0 Å². The van der Waals surface area contributed by atoms with Gasteiger partial charge in [-0.05, 0) is 19.1 Å². The molecule has 6 heteroatoms. The Balaban J connectivity index is 2.30. The van der Waals surface area contributed by atoms with Gasteiger partial charge in [0.05, 0.1) is 18.1 Å². The minimum Gasteiger partial charge on any atom is -0.497 e. The number of nitrogens with one attached hydrogen (secondary N) is 1. The number of halogens is 1. The predicted molar refractivity (Wildman–Crippen MR) is 84.0 cm³/mol. The fraction of sp³-hybridized carbons (Fsp3) is 0.467. The number of ether oxygens (including phenoxy) is 1. The maximum Gasteiger partial charge on any atom is 0.221 e. The normalized spacial score (nSPS) is 10.8. The van der Waals surface area contributed by atoms with Gasteiger partial charge in [-0.3, -0.25) is 4.79 Å². The van der Waals surface area contributed by atoms with Crippen LogP contribution in [-0.2, 0) is 17.8 Å². The molecule has 0 aliphatic rings. The van der Waals surface area contributed by atoms with Gasteiger partial charge in [-0.15, -0.1) is 11.6 Å². The fourth-order valence-corrected chi connectivity index (χ4v) is 2.48. The maximum atomic E-state index is 11.7. The summed E-state index contributed by atoms with van der Waals surface area (Å²) in [6, 6.07) is 5.77. The van der Waals surface area contributed by atoms with Gasteiger partial charge in [0.1, 0.15) is 11.6 Å². The van der Waals surface area contributed by atoms with Gasteiger partial charge < -0.3 is 14.6 Å². The van der Waals surface area contributed by atoms with E-state index in [1.165, 1.54) is 0 Å². The average molecular weight is 310 g/mol. The van der Waals surface area contributed by atoms with E-state index in [-0.39, 0.29) is 5.91 Å². The van der Waals surface area contributed by atoms with Crippen LogP contribution in [0.5, 0.6) is 5.75 Å². The molecule has 0 bridgehead atoms. The van der Waals surface area contributed by atoms with E-state index in [0.29, 0.717) is 31.8 Å². The molecule has 2 aromatic rings. The van der Waals surface area contributed by atoms with Crippen molar-refractivity contribution in [1.29, 1.82) is 0 Å². The van der Waals surface area contributed by atoms with Crippen LogP contribution in [0, 0.1) is 0 Å². The smallest absolute Gasteiger partial charge is 0.221 e. The van der Waals surface area contributed by atoms with Gasteiger partial charge in [0, 0.05) is 37.9 Å². The van der Waals surface area contributed by atoms with Gasteiger partial charge in [-0.1, -0.05) is 0 Å². The monoisotopic (exact) mass is 309 g/mol. The number of hydrogen-bond donors (Lipinski definition) is 1. The summed E-state index contributed by atoms with van der Waals surface area (Å²) in [4.78, 5) is 16.3. The molecule has 0 radical (unpaired) electrons. The lowest BCUT2D eigenvalue weighted by molar-refractivity contribution is -0.121. The molecule has 0 aliphatic carbocycles. The maximum absolute atomic E-state index is 11.7. The van der Waals surface area contributed by atoms with Crippen LogP contribution in [0.4, 0.5) is 0 Å². The SMILES string of the molecule is CCNC(=O)CCn1c(CCCl)nc2cc(OC)ccc21. The first-order chi connectivity index (χ1) is 10.2. The molecule has 0 unspecified atom stereocenters. The van der Waals surface area contributed by atoms with Gasteiger partial charge in [0.2, 0.25) is 5.91 Å². The van der Waals surface area contributed by atoms with Gasteiger partial charge in [0.25, 0.3) is 0 Å². The molecule has 1 aromatic heterocycles. The third kappa shape index (κ3) is 3.67. The van der Waals surface area contributed by atoms with E-state index < -0.39 is 0 Å². The fourth-order valence-electron chi connectivity index (χ4n) is 2.31. The molecular formula is C15H20ClN3O2. The minimum atomic E-state index is 0.0460. The molecule has 1 amide bonds. The lowest BCUT2D eigenvalue weighted by Crippen LogP contribution is -2.24. The summed E-state index contributed by atoms with van der Waals surface area (Å²) in [6.07, 6.45) is 1.11. The second-order valence-electron chi connectivity index (χ2n) is 4.68. The second kappa shape index (κ2) is 7.31. The molecular weight excluding hydrogens is 290 g/mol. The summed E-state index contributed by atoms with van der Waals surface area (Å²) in [7, 11) is 1.63. The Labute approximate surface area is 129 Å². The minimum absolute atomic E-state index is 0.0460. The molecule has 21 heavy (non-hydrogen) atoms. The number of imidazole rings is 1. The number of fused-ring (bicyclic) bond motifs is 1. The highest BCUT2D eigenvalue weighted by atomic mass is 35.5. The van der Waals surface area contributed by atoms with Gasteiger partial charge in [0.15, 0.2) is 0 Å². The molecule has 1 heterocycles. The molecule has 2 rings (SSSR count). The van der Waals surface area contributed by atoms with Crippen LogP contribution in [-0.4, -0.2) is 35.0 Å². The van der Waals surface area contributed by atoms with Crippen molar-refractivity contribution in [1.82, 2.24) is 14.9 Å². The molecule has 1 aromatic carbocycles. The van der Waals surface area contributed by atoms with Crippen LogP contribution < -0.4 is 10.1 Å². The standard InChI is InChI=1S/C15H20ClN3O2/c1-3-17-15(20)7-9-19-13-5-4-11(21-2)10-12(13)18-14(19)6-8-16/h4-5,10H,3,6-9H2,1-2H3,(H,17,20). The Morgan fingerprint density at radius 3 is 2.95 bits per heavy atom. The summed E-state index contributed by atoms with van der Waals surface area (Å²) in [5.74, 6) is 2.22. The molecule has 0 spiro atoms. The number of alkyl halides is 1. The van der Waals surface area contributed by atoms with Crippen molar-refractivity contribution in [2.24, 2.45) is 0 Å². The Bertz CT molecular complexity index is 625. The summed E-state index contributed by atoms with van der Waals surface area (Å²) < 4.78 is 7.28. The number of rotatable bonds is 7. The van der Waals surface area contributed by atoms with Crippen LogP contribution in [0.1, 0.15) is 19.2 Å². The van der Waals surface area contributed by atoms with Gasteiger partial charge >= 0.3 is 0 Å². The van der Waals surface area contributed by atoms with Crippen molar-refractivity contribution in [3.05, 3.63) is 24.0 Å². The molecule has 0 saturated heterocycles. The number of methoxy groups -OCH3 is 1. The average Bonchev–Trinajstić information content (AvgIpc) is 2.82. The zero-order chi connectivity index (χ0) is 15.2. The summed E-state index contributed by atoms with van der Waals surface area (Å²) in [5, 5.41) is 2.81. The van der Waals surface area contributed by atoms with Crippen molar-refractivity contribution in [2.75, 3.05) is 19.5 Å². The third-order valence-electron chi connectivity index (χ3n) is 3.29. The molecule has 0 aliphatic heterocycles. The molecule has 0 fully saturated rings. The van der Waals surface area contributed by atoms with Crippen molar-refractivity contribution >= 4 is 28.5 Å². The Hall–Kier alpha value is -1.75. The Morgan fingerprint density at radius 2 is 2.29 bits per heavy atom. The topological polar surface area (TPSA) is 56.2 Å². The highest BCUT2D eigenvalue weighted by Crippen LogP contribution is 2.22. The number of benzene rings is 1. The van der Waals surface area contributed by atoms with E-state index >= 15 is 0 Å². The first-order valence-corrected chi connectivity index (χ1v) is 7.58. The van der Waals surface area contributed by atoms with Crippen LogP contribution in [0.15, 0.2) is 18.2 Å². The number of carbonyl (C=O) groups is 1. The molecule has 0 atom stereocenters. The third-order valence-corrected chi connectivity index (χ3v) is 3.48. The van der Waals surface area contributed by atoms with Crippen molar-refractivity contribution < 1.29 is 9.53 Å². The van der Waals surface area contributed by atoms with Crippen LogP contribution in [0.3, 0.4) is 0 Å². The van der Waals surface area contributed by atoms with Gasteiger partial charge in [-0.2, -0.15) is 0 Å². The summed E-state index contributed by atoms with van der Waals surface area (Å²) in [6.45, 7) is 3.16. The number of nitrogens with zero attached hydrogens (tertiary/aromatic N) is 2. The predicted octanol–water partition coefficient (Wildman–Crippen LogP) is 2.35. The molecule has 5 nitrogen and oxygen atoms in total. The molecule has 0 saturated carbocycles. The Kier molecular flexibility index (Phi) is 5.44. The number of amides is 1. The second-order valence-corrected chi connectivity index (χ2v) is 5.05. The molecule has 114 valence electrons. The lowest BCUT2D eigenvalue weighted by Gasteiger charge is -2.08. The zero-order valence-corrected chi connectivity index (χ0v) is 13.1. The van der Waals surface area contributed by atoms with Crippen LogP contribution in [0.25, 0.3) is 11.0 Å². The zero-order valence-electron chi connectivity index (χ0n) is 12.4. The number of carbonyl (C=O) groups excluding carboxylic acids is 1. The summed E-state index contributed by atoms with van der Waals surface area (Å²) in [5.41, 5.74) is 1.87. The number of aryl methyl sites for hydroxylation is 2. The van der Waals surface area contributed by atoms with E-state index in [1.54, 1.807) is 7.11 Å². The van der Waals surface area contributed by atoms with E-state index in [1.807, 2.05) is 25.1 Å². The van der Waals surface area contributed by atoms with Crippen molar-refractivity contribution in [3.8, 4) is 5.75 Å². The summed E-state index contributed by atoms with van der Waals surface area (Å²) >= 11 is 5.85. The number of aromatic nitrogens is 2. The molecule has 1 N–H and O–H groups in total. The highest BCUT2D eigenvalue weighted by molar-refractivity contribution is 6.17. The van der Waals surface area contributed by atoms with Gasteiger partial charge in [-0.25, -0.2) is 4.98 Å². The first-order valence-electron chi connectivity index (χ1n) is 7.05. The first kappa shape index (κ1) is 15.6. The highest BCUT2D eigenvalue weighted by Gasteiger charge is 2.12. The van der Waals surface area contributed by atoms with Crippen LogP contribution >= 0.6 is 11.6 Å². The van der Waals surface area contributed by atoms with E-state index in [9.17, 15) is 4.79 Å². The largest absolute Gasteiger partial charge is 0.497 e. The quantitative estimate of drug-likeness (QED) is 0.799. The number of hydrogen-bond acceptors (Lipinski definition) is 3.